The van der Waals surface area contributed by atoms with Crippen molar-refractivity contribution < 1.29 is 9.53 Å². The number of hydrogen-bond acceptors (Lipinski definition) is 5. The van der Waals surface area contributed by atoms with E-state index in [4.69, 9.17) is 4.74 Å². The van der Waals surface area contributed by atoms with E-state index >= 15 is 0 Å². The van der Waals surface area contributed by atoms with Gasteiger partial charge in [0.1, 0.15) is 12.2 Å². The maximum absolute atomic E-state index is 11.6. The van der Waals surface area contributed by atoms with Crippen LogP contribution < -0.4 is 5.32 Å². The number of rotatable bonds is 5. The molecule has 1 aromatic heterocycles. The first-order valence-corrected chi connectivity index (χ1v) is 7.26. The average molecular weight is 281 g/mol. The van der Waals surface area contributed by atoms with Crippen LogP contribution in [0, 0.1) is 0 Å². The monoisotopic (exact) mass is 281 g/mol. The lowest BCUT2D eigenvalue weighted by atomic mass is 10.1. The molecule has 0 spiro atoms. The minimum Gasteiger partial charge on any atom is -0.450 e. The maximum Gasteiger partial charge on any atom is 0.409 e. The van der Waals surface area contributed by atoms with Crippen molar-refractivity contribution in [3.05, 3.63) is 12.2 Å². The molecule has 1 amide bonds. The van der Waals surface area contributed by atoms with Crippen molar-refractivity contribution in [2.45, 2.75) is 45.8 Å². The predicted octanol–water partition coefficient (Wildman–Crippen LogP) is 1.01. The standard InChI is InChI=1S/C13H23N5O2/c1-3-17-10-15-16-12(17)9-14-11-5-7-18(8-6-11)13(19)20-4-2/h10-11,14H,3-9H2,1-2H3. The van der Waals surface area contributed by atoms with E-state index in [0.717, 1.165) is 44.8 Å². The Hall–Kier alpha value is -1.63. The van der Waals surface area contributed by atoms with Crippen molar-refractivity contribution in [3.63, 3.8) is 0 Å². The van der Waals surface area contributed by atoms with Crippen molar-refractivity contribution in [3.8, 4) is 0 Å². The molecule has 1 aromatic rings. The molecule has 7 nitrogen and oxygen atoms in total. The molecule has 0 atom stereocenters. The Morgan fingerprint density at radius 1 is 1.45 bits per heavy atom. The smallest absolute Gasteiger partial charge is 0.409 e. The Bertz CT molecular complexity index is 426. The third kappa shape index (κ3) is 3.69. The Kier molecular flexibility index (Phi) is 5.34. The zero-order chi connectivity index (χ0) is 14.4. The molecule has 112 valence electrons. The van der Waals surface area contributed by atoms with Crippen LogP contribution in [-0.4, -0.2) is 51.5 Å². The van der Waals surface area contributed by atoms with Gasteiger partial charge in [-0.15, -0.1) is 10.2 Å². The molecule has 0 unspecified atom stereocenters. The molecule has 20 heavy (non-hydrogen) atoms. The molecule has 1 aliphatic rings. The van der Waals surface area contributed by atoms with Gasteiger partial charge in [0.25, 0.3) is 0 Å². The summed E-state index contributed by atoms with van der Waals surface area (Å²) in [4.78, 5) is 13.4. The number of ether oxygens (including phenoxy) is 1. The minimum absolute atomic E-state index is 0.198. The number of hydrogen-bond donors (Lipinski definition) is 1. The van der Waals surface area contributed by atoms with Crippen LogP contribution in [0.3, 0.4) is 0 Å². The second-order valence-electron chi connectivity index (χ2n) is 4.87. The van der Waals surface area contributed by atoms with Crippen LogP contribution in [0.5, 0.6) is 0 Å². The Labute approximate surface area is 119 Å². The van der Waals surface area contributed by atoms with Crippen molar-refractivity contribution in [1.82, 2.24) is 25.0 Å². The molecular formula is C13H23N5O2. The van der Waals surface area contributed by atoms with Crippen molar-refractivity contribution in [2.75, 3.05) is 19.7 Å². The summed E-state index contributed by atoms with van der Waals surface area (Å²) >= 11 is 0. The van der Waals surface area contributed by atoms with Gasteiger partial charge < -0.3 is 19.5 Å². The van der Waals surface area contributed by atoms with Gasteiger partial charge in [0, 0.05) is 25.7 Å². The normalized spacial score (nSPS) is 16.4. The molecule has 0 aliphatic carbocycles. The highest BCUT2D eigenvalue weighted by Crippen LogP contribution is 2.12. The van der Waals surface area contributed by atoms with Gasteiger partial charge >= 0.3 is 6.09 Å². The van der Waals surface area contributed by atoms with Crippen LogP contribution in [0.15, 0.2) is 6.33 Å². The molecular weight excluding hydrogens is 258 g/mol. The number of amides is 1. The fourth-order valence-electron chi connectivity index (χ4n) is 2.40. The lowest BCUT2D eigenvalue weighted by Gasteiger charge is -2.31. The van der Waals surface area contributed by atoms with Gasteiger partial charge in [-0.2, -0.15) is 0 Å². The molecule has 1 N–H and O–H groups in total. The number of nitrogens with zero attached hydrogens (tertiary/aromatic N) is 4. The van der Waals surface area contributed by atoms with Gasteiger partial charge in [-0.25, -0.2) is 4.79 Å². The van der Waals surface area contributed by atoms with E-state index in [9.17, 15) is 4.79 Å². The third-order valence-corrected chi connectivity index (χ3v) is 3.61. The summed E-state index contributed by atoms with van der Waals surface area (Å²) in [6, 6.07) is 0.419. The quantitative estimate of drug-likeness (QED) is 0.872. The van der Waals surface area contributed by atoms with Crippen molar-refractivity contribution >= 4 is 6.09 Å². The number of aryl methyl sites for hydroxylation is 1. The largest absolute Gasteiger partial charge is 0.450 e. The summed E-state index contributed by atoms with van der Waals surface area (Å²) in [5.74, 6) is 0.959. The average Bonchev–Trinajstić information content (AvgIpc) is 2.93. The molecule has 2 rings (SSSR count). The minimum atomic E-state index is -0.198. The summed E-state index contributed by atoms with van der Waals surface area (Å²) in [7, 11) is 0. The Morgan fingerprint density at radius 2 is 2.20 bits per heavy atom. The summed E-state index contributed by atoms with van der Waals surface area (Å²) in [5.41, 5.74) is 0. The lowest BCUT2D eigenvalue weighted by Crippen LogP contribution is -2.45. The van der Waals surface area contributed by atoms with Gasteiger partial charge in [0.15, 0.2) is 0 Å². The van der Waals surface area contributed by atoms with E-state index in [1.807, 2.05) is 11.5 Å². The highest BCUT2D eigenvalue weighted by molar-refractivity contribution is 5.67. The molecule has 1 saturated heterocycles. The first kappa shape index (κ1) is 14.8. The van der Waals surface area contributed by atoms with Crippen molar-refractivity contribution in [1.29, 1.82) is 0 Å². The summed E-state index contributed by atoms with van der Waals surface area (Å²) in [5, 5.41) is 11.5. The molecule has 1 fully saturated rings. The zero-order valence-electron chi connectivity index (χ0n) is 12.2. The van der Waals surface area contributed by atoms with Crippen LogP contribution in [0.4, 0.5) is 4.79 Å². The van der Waals surface area contributed by atoms with Crippen LogP contribution in [0.1, 0.15) is 32.5 Å². The van der Waals surface area contributed by atoms with Crippen LogP contribution >= 0.6 is 0 Å². The van der Waals surface area contributed by atoms with E-state index in [1.54, 1.807) is 11.2 Å². The predicted molar refractivity (Wildman–Crippen MR) is 74.2 cm³/mol. The molecule has 0 bridgehead atoms. The van der Waals surface area contributed by atoms with Gasteiger partial charge in [-0.05, 0) is 26.7 Å². The van der Waals surface area contributed by atoms with E-state index in [1.165, 1.54) is 0 Å². The fourth-order valence-corrected chi connectivity index (χ4v) is 2.40. The zero-order valence-corrected chi connectivity index (χ0v) is 12.2. The number of carbonyl (C=O) groups excluding carboxylic acids is 1. The first-order chi connectivity index (χ1) is 9.74. The summed E-state index contributed by atoms with van der Waals surface area (Å²) < 4.78 is 7.04. The van der Waals surface area contributed by atoms with E-state index in [-0.39, 0.29) is 6.09 Å². The summed E-state index contributed by atoms with van der Waals surface area (Å²) in [6.07, 6.45) is 3.44. The van der Waals surface area contributed by atoms with E-state index in [2.05, 4.69) is 22.4 Å². The molecule has 0 radical (unpaired) electrons. The number of likely N-dealkylation sites (tertiary alicyclic amines) is 1. The highest BCUT2D eigenvalue weighted by Gasteiger charge is 2.23. The van der Waals surface area contributed by atoms with Gasteiger partial charge in [0.05, 0.1) is 13.2 Å². The Morgan fingerprint density at radius 3 is 2.85 bits per heavy atom. The molecule has 2 heterocycles. The summed E-state index contributed by atoms with van der Waals surface area (Å²) in [6.45, 7) is 7.43. The fraction of sp³-hybridized carbons (Fsp3) is 0.769. The van der Waals surface area contributed by atoms with Crippen LogP contribution in [-0.2, 0) is 17.8 Å². The second-order valence-corrected chi connectivity index (χ2v) is 4.87. The Balaban J connectivity index is 1.73. The maximum atomic E-state index is 11.6. The van der Waals surface area contributed by atoms with Crippen LogP contribution in [0.25, 0.3) is 0 Å². The van der Waals surface area contributed by atoms with Crippen molar-refractivity contribution in [2.24, 2.45) is 0 Å². The molecule has 0 saturated carbocycles. The number of aromatic nitrogens is 3. The number of carbonyl (C=O) groups is 1. The van der Waals surface area contributed by atoms with Gasteiger partial charge in [-0.3, -0.25) is 0 Å². The molecule has 7 heteroatoms. The van der Waals surface area contributed by atoms with E-state index in [0.29, 0.717) is 12.6 Å². The SMILES string of the molecule is CCOC(=O)N1CCC(NCc2nncn2CC)CC1. The number of piperidine rings is 1. The van der Waals surface area contributed by atoms with Gasteiger partial charge in [0.2, 0.25) is 0 Å². The topological polar surface area (TPSA) is 72.3 Å². The molecule has 0 aromatic carbocycles. The second kappa shape index (κ2) is 7.23. The van der Waals surface area contributed by atoms with Gasteiger partial charge in [-0.1, -0.05) is 0 Å². The number of nitrogens with one attached hydrogen (secondary N) is 1. The van der Waals surface area contributed by atoms with Crippen LogP contribution in [0.2, 0.25) is 0 Å². The third-order valence-electron chi connectivity index (χ3n) is 3.61. The van der Waals surface area contributed by atoms with E-state index < -0.39 is 0 Å². The first-order valence-electron chi connectivity index (χ1n) is 7.26. The highest BCUT2D eigenvalue weighted by atomic mass is 16.6. The molecule has 1 aliphatic heterocycles. The lowest BCUT2D eigenvalue weighted by molar-refractivity contribution is 0.0949.